The first-order valence-electron chi connectivity index (χ1n) is 9.07. The maximum Gasteiger partial charge on any atom is 0.312 e. The molecule has 1 N–H and O–H groups in total. The van der Waals surface area contributed by atoms with Crippen LogP contribution in [0.5, 0.6) is 11.5 Å². The molecule has 0 fully saturated rings. The Kier molecular flexibility index (Phi) is 7.50. The third-order valence-corrected chi connectivity index (χ3v) is 7.85. The van der Waals surface area contributed by atoms with Crippen LogP contribution in [-0.4, -0.2) is 51.1 Å². The Balaban J connectivity index is 2.58. The summed E-state index contributed by atoms with van der Waals surface area (Å²) in [5.74, 6) is -0.923. The maximum atomic E-state index is 12.7. The summed E-state index contributed by atoms with van der Waals surface area (Å²) in [5.41, 5.74) is -1.49. The Hall–Kier alpha value is -3.14. The second-order valence-electron chi connectivity index (χ2n) is 6.17. The molecule has 2 aromatic rings. The lowest BCUT2D eigenvalue weighted by Gasteiger charge is -2.18. The van der Waals surface area contributed by atoms with Gasteiger partial charge in [0.25, 0.3) is 0 Å². The molecular formula is C17H20N4O9S2. The van der Waals surface area contributed by atoms with Gasteiger partial charge < -0.3 is 4.74 Å². The minimum absolute atomic E-state index is 0.152. The van der Waals surface area contributed by atoms with Gasteiger partial charge in [-0.25, -0.2) is 21.6 Å². The van der Waals surface area contributed by atoms with Gasteiger partial charge in [-0.3, -0.25) is 20.2 Å². The number of nitrogens with zero attached hydrogens (tertiary/aromatic N) is 3. The van der Waals surface area contributed by atoms with Crippen molar-refractivity contribution >= 4 is 31.4 Å². The third-order valence-electron chi connectivity index (χ3n) is 4.40. The van der Waals surface area contributed by atoms with Gasteiger partial charge in [0, 0.05) is 25.2 Å². The zero-order valence-corrected chi connectivity index (χ0v) is 18.8. The van der Waals surface area contributed by atoms with Gasteiger partial charge in [-0.2, -0.15) is 4.31 Å². The van der Waals surface area contributed by atoms with Crippen LogP contribution in [0, 0.1) is 20.2 Å². The Morgan fingerprint density at radius 1 is 0.875 bits per heavy atom. The van der Waals surface area contributed by atoms with Gasteiger partial charge in [0.1, 0.15) is 0 Å². The van der Waals surface area contributed by atoms with Gasteiger partial charge in [-0.1, -0.05) is 13.8 Å². The molecule has 0 saturated carbocycles. The van der Waals surface area contributed by atoms with Crippen LogP contribution in [0.1, 0.15) is 13.8 Å². The molecule has 0 atom stereocenters. The normalized spacial score (nSPS) is 12.0. The van der Waals surface area contributed by atoms with E-state index < -0.39 is 57.7 Å². The Bertz CT molecular complexity index is 1260. The highest BCUT2D eigenvalue weighted by Gasteiger charge is 2.28. The summed E-state index contributed by atoms with van der Waals surface area (Å²) >= 11 is 0. The molecule has 0 aromatic heterocycles. The molecule has 0 heterocycles. The summed E-state index contributed by atoms with van der Waals surface area (Å²) in [5, 5.41) is 23.0. The van der Waals surface area contributed by atoms with Crippen molar-refractivity contribution in [1.82, 2.24) is 9.03 Å². The number of hydrogen-bond acceptors (Lipinski definition) is 9. The lowest BCUT2D eigenvalue weighted by Crippen LogP contribution is -2.30. The van der Waals surface area contributed by atoms with Crippen LogP contribution < -0.4 is 9.46 Å². The second-order valence-corrected chi connectivity index (χ2v) is 10.00. The smallest absolute Gasteiger partial charge is 0.312 e. The van der Waals surface area contributed by atoms with E-state index in [9.17, 15) is 37.1 Å². The van der Waals surface area contributed by atoms with Crippen molar-refractivity contribution in [3.8, 4) is 11.5 Å². The quantitative estimate of drug-likeness (QED) is 0.387. The largest absolute Gasteiger partial charge is 0.443 e. The topological polar surface area (TPSA) is 179 Å². The summed E-state index contributed by atoms with van der Waals surface area (Å²) in [7, 11) is -6.86. The van der Waals surface area contributed by atoms with Crippen molar-refractivity contribution in [2.24, 2.45) is 0 Å². The van der Waals surface area contributed by atoms with Crippen molar-refractivity contribution in [3.63, 3.8) is 0 Å². The molecule has 0 spiro atoms. The van der Waals surface area contributed by atoms with Gasteiger partial charge in [-0.05, 0) is 31.3 Å². The summed E-state index contributed by atoms with van der Waals surface area (Å²) in [6.45, 7) is 3.53. The minimum atomic E-state index is -4.00. The number of hydrogen-bond donors (Lipinski definition) is 1. The molecule has 0 saturated heterocycles. The summed E-state index contributed by atoms with van der Waals surface area (Å²) in [6.07, 6.45) is 0. The summed E-state index contributed by atoms with van der Waals surface area (Å²) < 4.78 is 57.6. The summed E-state index contributed by atoms with van der Waals surface area (Å²) in [6, 6.07) is 5.64. The lowest BCUT2D eigenvalue weighted by molar-refractivity contribution is -0.387. The van der Waals surface area contributed by atoms with E-state index in [0.717, 1.165) is 47.8 Å². The zero-order chi connectivity index (χ0) is 24.3. The van der Waals surface area contributed by atoms with E-state index in [1.54, 1.807) is 13.8 Å². The fourth-order valence-electron chi connectivity index (χ4n) is 2.73. The maximum absolute atomic E-state index is 12.7. The first kappa shape index (κ1) is 25.1. The third kappa shape index (κ3) is 5.01. The molecule has 0 aliphatic heterocycles. The Labute approximate surface area is 184 Å². The number of nitro groups is 2. The van der Waals surface area contributed by atoms with E-state index in [1.807, 2.05) is 4.72 Å². The van der Waals surface area contributed by atoms with Crippen LogP contribution in [0.15, 0.2) is 46.2 Å². The fraction of sp³-hybridized carbons (Fsp3) is 0.294. The molecule has 15 heteroatoms. The number of sulfonamides is 2. The van der Waals surface area contributed by atoms with E-state index >= 15 is 0 Å². The van der Waals surface area contributed by atoms with Crippen molar-refractivity contribution in [2.75, 3.05) is 20.1 Å². The van der Waals surface area contributed by atoms with E-state index in [-0.39, 0.29) is 18.0 Å². The highest BCUT2D eigenvalue weighted by molar-refractivity contribution is 7.89. The van der Waals surface area contributed by atoms with E-state index in [4.69, 9.17) is 4.74 Å². The molecule has 0 amide bonds. The van der Waals surface area contributed by atoms with Crippen LogP contribution in [0.3, 0.4) is 0 Å². The first-order chi connectivity index (χ1) is 14.9. The molecule has 32 heavy (non-hydrogen) atoms. The van der Waals surface area contributed by atoms with Crippen molar-refractivity contribution in [3.05, 3.63) is 56.6 Å². The molecule has 0 bridgehead atoms. The van der Waals surface area contributed by atoms with E-state index in [0.29, 0.717) is 0 Å². The highest BCUT2D eigenvalue weighted by Crippen LogP contribution is 2.38. The van der Waals surface area contributed by atoms with Gasteiger partial charge in [0.05, 0.1) is 19.6 Å². The lowest BCUT2D eigenvalue weighted by atomic mass is 10.2. The van der Waals surface area contributed by atoms with Gasteiger partial charge in [-0.15, -0.1) is 0 Å². The van der Waals surface area contributed by atoms with Gasteiger partial charge >= 0.3 is 11.4 Å². The summed E-state index contributed by atoms with van der Waals surface area (Å²) in [4.78, 5) is 20.4. The first-order valence-corrected chi connectivity index (χ1v) is 12.0. The number of nitro benzene ring substituents is 2. The highest BCUT2D eigenvalue weighted by atomic mass is 32.2. The predicted octanol–water partition coefficient (Wildman–Crippen LogP) is 2.23. The molecule has 0 radical (unpaired) electrons. The van der Waals surface area contributed by atoms with Crippen LogP contribution >= 0.6 is 0 Å². The van der Waals surface area contributed by atoms with Crippen molar-refractivity contribution < 1.29 is 31.4 Å². The number of benzene rings is 2. The molecule has 174 valence electrons. The predicted molar refractivity (Wildman–Crippen MR) is 113 cm³/mol. The van der Waals surface area contributed by atoms with Crippen molar-refractivity contribution in [1.29, 1.82) is 0 Å². The van der Waals surface area contributed by atoms with E-state index in [2.05, 4.69) is 0 Å². The fourth-order valence-corrected chi connectivity index (χ4v) is 4.96. The SMILES string of the molecule is CCN(CC)S(=O)(=O)c1ccc(Oc2ccc(S(=O)(=O)NC)cc2[N+](=O)[O-])c([N+](=O)[O-])c1. The van der Waals surface area contributed by atoms with E-state index in [1.165, 1.54) is 0 Å². The average molecular weight is 489 g/mol. The Morgan fingerprint density at radius 2 is 1.31 bits per heavy atom. The van der Waals surface area contributed by atoms with Gasteiger partial charge in [0.2, 0.25) is 31.5 Å². The molecule has 0 aliphatic rings. The van der Waals surface area contributed by atoms with Crippen LogP contribution in [-0.2, 0) is 20.0 Å². The molecular weight excluding hydrogens is 468 g/mol. The zero-order valence-electron chi connectivity index (χ0n) is 17.2. The standard InChI is InChI=1S/C17H20N4O9S2/c1-4-19(5-2)32(28,29)13-7-9-17(15(11-13)21(24)25)30-16-8-6-12(31(26,27)18-3)10-14(16)20(22)23/h6-11,18H,4-5H2,1-3H3. The average Bonchev–Trinajstić information content (AvgIpc) is 2.74. The van der Waals surface area contributed by atoms with Crippen molar-refractivity contribution in [2.45, 2.75) is 23.6 Å². The minimum Gasteiger partial charge on any atom is -0.443 e. The Morgan fingerprint density at radius 3 is 1.72 bits per heavy atom. The number of nitrogens with one attached hydrogen (secondary N) is 1. The monoisotopic (exact) mass is 488 g/mol. The molecule has 2 rings (SSSR count). The van der Waals surface area contributed by atoms with Gasteiger partial charge in [0.15, 0.2) is 0 Å². The number of rotatable bonds is 10. The van der Waals surface area contributed by atoms with Crippen LogP contribution in [0.4, 0.5) is 11.4 Å². The molecule has 0 aliphatic carbocycles. The number of ether oxygens (including phenoxy) is 1. The van der Waals surface area contributed by atoms with Crippen LogP contribution in [0.2, 0.25) is 0 Å². The molecule has 13 nitrogen and oxygen atoms in total. The molecule has 2 aromatic carbocycles. The molecule has 0 unspecified atom stereocenters. The second kappa shape index (κ2) is 9.56. The van der Waals surface area contributed by atoms with Crippen LogP contribution in [0.25, 0.3) is 0 Å².